The quantitative estimate of drug-likeness (QED) is 0.675. The number of benzene rings is 1. The van der Waals surface area contributed by atoms with Crippen LogP contribution in [-0.4, -0.2) is 28.5 Å². The Kier molecular flexibility index (Phi) is 5.94. The molecular formula is C22H31NO3. The lowest BCUT2D eigenvalue weighted by atomic mass is 9.84. The van der Waals surface area contributed by atoms with Gasteiger partial charge in [-0.2, -0.15) is 0 Å². The summed E-state index contributed by atoms with van der Waals surface area (Å²) in [7, 11) is 0. The second-order valence-electron chi connectivity index (χ2n) is 9.08. The van der Waals surface area contributed by atoms with Crippen molar-refractivity contribution < 1.29 is 14.3 Å². The van der Waals surface area contributed by atoms with Crippen molar-refractivity contribution in [3.8, 4) is 0 Å². The molecule has 0 saturated carbocycles. The van der Waals surface area contributed by atoms with Crippen molar-refractivity contribution >= 4 is 12.0 Å². The van der Waals surface area contributed by atoms with Gasteiger partial charge in [0, 0.05) is 6.42 Å². The summed E-state index contributed by atoms with van der Waals surface area (Å²) in [5, 5.41) is 0. The van der Waals surface area contributed by atoms with Crippen LogP contribution in [-0.2, 0) is 9.53 Å². The number of amides is 2. The van der Waals surface area contributed by atoms with Gasteiger partial charge >= 0.3 is 6.09 Å². The Labute approximate surface area is 157 Å². The Morgan fingerprint density at radius 2 is 1.73 bits per heavy atom. The average Bonchev–Trinajstić information content (AvgIpc) is 2.50. The van der Waals surface area contributed by atoms with Gasteiger partial charge < -0.3 is 4.74 Å². The van der Waals surface area contributed by atoms with Gasteiger partial charge in [-0.15, -0.1) is 0 Å². The van der Waals surface area contributed by atoms with E-state index in [1.54, 1.807) is 0 Å². The molecule has 1 aliphatic rings. The lowest BCUT2D eigenvalue weighted by Gasteiger charge is -2.37. The number of nitrogens with zero attached hydrogens (tertiary/aromatic N) is 1. The van der Waals surface area contributed by atoms with Crippen LogP contribution in [0.4, 0.5) is 4.79 Å². The maximum absolute atomic E-state index is 12.8. The third-order valence-electron chi connectivity index (χ3n) is 4.23. The number of hydrogen-bond acceptors (Lipinski definition) is 3. The predicted molar refractivity (Wildman–Crippen MR) is 104 cm³/mol. The zero-order valence-electron chi connectivity index (χ0n) is 16.8. The van der Waals surface area contributed by atoms with Gasteiger partial charge in [0.1, 0.15) is 5.60 Å². The summed E-state index contributed by atoms with van der Waals surface area (Å²) in [5.74, 6) is -0.0695. The smallest absolute Gasteiger partial charge is 0.417 e. The topological polar surface area (TPSA) is 46.6 Å². The molecule has 1 aromatic carbocycles. The molecule has 1 heterocycles. The van der Waals surface area contributed by atoms with E-state index in [0.29, 0.717) is 12.8 Å². The molecule has 1 aromatic rings. The summed E-state index contributed by atoms with van der Waals surface area (Å²) < 4.78 is 5.48. The SMILES string of the molecule is CC(C)(C)/C=C/[C@H]1C[C@H](c2ccccc2)CC(=O)N1C(=O)OC(C)(C)C. The van der Waals surface area contributed by atoms with Gasteiger partial charge in [0.05, 0.1) is 6.04 Å². The molecule has 0 aliphatic carbocycles. The van der Waals surface area contributed by atoms with Gasteiger partial charge in [0.25, 0.3) is 0 Å². The highest BCUT2D eigenvalue weighted by Gasteiger charge is 2.39. The van der Waals surface area contributed by atoms with Gasteiger partial charge in [0.2, 0.25) is 5.91 Å². The second-order valence-corrected chi connectivity index (χ2v) is 9.08. The molecule has 4 nitrogen and oxygen atoms in total. The van der Waals surface area contributed by atoms with Gasteiger partial charge in [-0.1, -0.05) is 63.3 Å². The van der Waals surface area contributed by atoms with Crippen LogP contribution in [0.15, 0.2) is 42.5 Å². The minimum atomic E-state index is -0.633. The molecule has 26 heavy (non-hydrogen) atoms. The molecule has 2 amide bonds. The summed E-state index contributed by atoms with van der Waals surface area (Å²) in [6.07, 6.45) is 4.52. The zero-order chi connectivity index (χ0) is 19.5. The van der Waals surface area contributed by atoms with E-state index in [0.717, 1.165) is 5.56 Å². The Morgan fingerprint density at radius 3 is 2.27 bits per heavy atom. The largest absolute Gasteiger partial charge is 0.443 e. The molecule has 0 aromatic heterocycles. The van der Waals surface area contributed by atoms with E-state index in [4.69, 9.17) is 4.74 Å². The van der Waals surface area contributed by atoms with Crippen molar-refractivity contribution in [2.24, 2.45) is 5.41 Å². The van der Waals surface area contributed by atoms with Crippen molar-refractivity contribution in [1.29, 1.82) is 0 Å². The summed E-state index contributed by atoms with van der Waals surface area (Å²) in [6, 6.07) is 9.74. The van der Waals surface area contributed by atoms with E-state index in [9.17, 15) is 9.59 Å². The molecule has 0 spiro atoms. The number of carbonyl (C=O) groups is 2. The maximum Gasteiger partial charge on any atom is 0.417 e. The number of piperidine rings is 1. The molecule has 0 unspecified atom stereocenters. The van der Waals surface area contributed by atoms with Crippen LogP contribution in [0.3, 0.4) is 0 Å². The van der Waals surface area contributed by atoms with Crippen LogP contribution in [0.1, 0.15) is 65.9 Å². The molecule has 0 bridgehead atoms. The van der Waals surface area contributed by atoms with Crippen LogP contribution in [0.25, 0.3) is 0 Å². The number of ether oxygens (including phenoxy) is 1. The van der Waals surface area contributed by atoms with Crippen molar-refractivity contribution in [1.82, 2.24) is 4.90 Å². The van der Waals surface area contributed by atoms with Crippen LogP contribution < -0.4 is 0 Å². The molecular weight excluding hydrogens is 326 g/mol. The van der Waals surface area contributed by atoms with Crippen molar-refractivity contribution in [3.05, 3.63) is 48.0 Å². The Morgan fingerprint density at radius 1 is 1.12 bits per heavy atom. The number of rotatable bonds is 2. The average molecular weight is 357 g/mol. The number of allylic oxidation sites excluding steroid dienone is 1. The lowest BCUT2D eigenvalue weighted by molar-refractivity contribution is -0.134. The van der Waals surface area contributed by atoms with Gasteiger partial charge in [0.15, 0.2) is 0 Å². The number of imide groups is 1. The highest BCUT2D eigenvalue weighted by molar-refractivity contribution is 5.94. The van der Waals surface area contributed by atoms with Crippen molar-refractivity contribution in [3.63, 3.8) is 0 Å². The molecule has 142 valence electrons. The zero-order valence-corrected chi connectivity index (χ0v) is 16.8. The van der Waals surface area contributed by atoms with Crippen LogP contribution in [0.5, 0.6) is 0 Å². The molecule has 1 saturated heterocycles. The normalized spacial score (nSPS) is 21.9. The lowest BCUT2D eigenvalue weighted by Crippen LogP contribution is -2.50. The fourth-order valence-corrected chi connectivity index (χ4v) is 3.07. The first kappa shape index (κ1) is 20.2. The summed E-state index contributed by atoms with van der Waals surface area (Å²) in [5.41, 5.74) is 0.479. The predicted octanol–water partition coefficient (Wildman–Crippen LogP) is 5.30. The highest BCUT2D eigenvalue weighted by atomic mass is 16.6. The van der Waals surface area contributed by atoms with Gasteiger partial charge in [-0.25, -0.2) is 9.69 Å². The number of likely N-dealkylation sites (tertiary alicyclic amines) is 1. The van der Waals surface area contributed by atoms with E-state index < -0.39 is 11.7 Å². The standard InChI is InChI=1S/C22H31NO3/c1-21(2,3)13-12-18-14-17(16-10-8-7-9-11-16)15-19(24)23(18)20(25)26-22(4,5)6/h7-13,17-18H,14-15H2,1-6H3/b13-12+/t17-,18-/m0/s1. The van der Waals surface area contributed by atoms with E-state index >= 15 is 0 Å². The number of carbonyl (C=O) groups excluding carboxylic acids is 2. The van der Waals surface area contributed by atoms with Crippen molar-refractivity contribution in [2.45, 2.75) is 71.9 Å². The van der Waals surface area contributed by atoms with Gasteiger partial charge in [-0.3, -0.25) is 4.79 Å². The van der Waals surface area contributed by atoms with Crippen LogP contribution >= 0.6 is 0 Å². The van der Waals surface area contributed by atoms with Crippen LogP contribution in [0.2, 0.25) is 0 Å². The minimum Gasteiger partial charge on any atom is -0.443 e. The fourth-order valence-electron chi connectivity index (χ4n) is 3.07. The minimum absolute atomic E-state index is 0.0255. The van der Waals surface area contributed by atoms with E-state index in [1.807, 2.05) is 57.2 Å². The Bertz CT molecular complexity index is 665. The molecule has 1 aliphatic heterocycles. The van der Waals surface area contributed by atoms with E-state index in [-0.39, 0.29) is 23.3 Å². The molecule has 0 radical (unpaired) electrons. The third-order valence-corrected chi connectivity index (χ3v) is 4.23. The third kappa shape index (κ3) is 5.72. The Balaban J connectivity index is 2.30. The first-order valence-electron chi connectivity index (χ1n) is 9.25. The first-order chi connectivity index (χ1) is 12.0. The van der Waals surface area contributed by atoms with Crippen molar-refractivity contribution in [2.75, 3.05) is 0 Å². The highest BCUT2D eigenvalue weighted by Crippen LogP contribution is 2.34. The maximum atomic E-state index is 12.8. The fraction of sp³-hybridized carbons (Fsp3) is 0.545. The van der Waals surface area contributed by atoms with Gasteiger partial charge in [-0.05, 0) is 44.1 Å². The first-order valence-corrected chi connectivity index (χ1v) is 9.25. The summed E-state index contributed by atoms with van der Waals surface area (Å²) >= 11 is 0. The molecule has 4 heteroatoms. The second kappa shape index (κ2) is 7.65. The summed E-state index contributed by atoms with van der Waals surface area (Å²) in [4.78, 5) is 26.8. The van der Waals surface area contributed by atoms with E-state index in [1.165, 1.54) is 4.90 Å². The number of hydrogen-bond donors (Lipinski definition) is 0. The molecule has 2 atom stereocenters. The van der Waals surface area contributed by atoms with E-state index in [2.05, 4.69) is 26.8 Å². The monoisotopic (exact) mass is 357 g/mol. The Hall–Kier alpha value is -2.10. The molecule has 1 fully saturated rings. The molecule has 0 N–H and O–H groups in total. The van der Waals surface area contributed by atoms with Crippen LogP contribution in [0, 0.1) is 5.41 Å². The molecule has 2 rings (SSSR count). The summed E-state index contributed by atoms with van der Waals surface area (Å²) in [6.45, 7) is 11.7.